The first-order valence-corrected chi connectivity index (χ1v) is 6.47. The molecule has 0 aliphatic rings. The molecular formula is C14H13N3O4. The Morgan fingerprint density at radius 1 is 1.38 bits per heavy atom. The van der Waals surface area contributed by atoms with Crippen molar-refractivity contribution in [2.75, 3.05) is 0 Å². The Bertz CT molecular complexity index is 894. The van der Waals surface area contributed by atoms with Gasteiger partial charge < -0.3 is 0 Å². The number of aryl methyl sites for hydroxylation is 1. The Balaban J connectivity index is 2.13. The van der Waals surface area contributed by atoms with Gasteiger partial charge in [-0.2, -0.15) is 0 Å². The van der Waals surface area contributed by atoms with Crippen molar-refractivity contribution in [2.45, 2.75) is 20.4 Å². The molecule has 0 saturated heterocycles. The van der Waals surface area contributed by atoms with Crippen molar-refractivity contribution < 1.29 is 14.6 Å². The Morgan fingerprint density at radius 2 is 2.19 bits per heavy atom. The number of imidazole rings is 1. The topological polar surface area (TPSA) is 86.2 Å². The van der Waals surface area contributed by atoms with Gasteiger partial charge in [-0.05, 0) is 31.2 Å². The third-order valence-corrected chi connectivity index (χ3v) is 3.10. The first-order valence-electron chi connectivity index (χ1n) is 6.47. The number of hydrogen-bond donors (Lipinski definition) is 1. The van der Waals surface area contributed by atoms with Crippen LogP contribution in [0, 0.1) is 0 Å². The molecule has 108 valence electrons. The zero-order valence-corrected chi connectivity index (χ0v) is 11.5. The fraction of sp³-hybridized carbons (Fsp3) is 0.214. The van der Waals surface area contributed by atoms with Crippen LogP contribution in [-0.4, -0.2) is 20.5 Å². The van der Waals surface area contributed by atoms with Gasteiger partial charge in [0.2, 0.25) is 0 Å². The van der Waals surface area contributed by atoms with Crippen LogP contribution in [0.1, 0.15) is 13.8 Å². The minimum atomic E-state index is -0.533. The molecule has 2 heterocycles. The predicted octanol–water partition coefficient (Wildman–Crippen LogP) is 1.75. The van der Waals surface area contributed by atoms with Crippen LogP contribution >= 0.6 is 0 Å². The molecule has 0 fully saturated rings. The number of carbonyl (C=O) groups is 1. The number of fused-ring (bicyclic) bond motifs is 2. The third kappa shape index (κ3) is 2.33. The number of carbonyl (C=O) groups excluding carboxylic acids is 1. The average molecular weight is 287 g/mol. The number of nitrogens with zero attached hydrogens (tertiary/aromatic N) is 2. The summed E-state index contributed by atoms with van der Waals surface area (Å²) in [5.41, 5.74) is 1.79. The van der Waals surface area contributed by atoms with Crippen molar-refractivity contribution in [1.29, 1.82) is 0 Å². The molecule has 0 spiro atoms. The Kier molecular flexibility index (Phi) is 3.09. The Labute approximate surface area is 119 Å². The standard InChI is InChI=1S/C14H13N3O4/c1-3-17-12-7-9-6-10(21-20-8(2)18)4-5-11(9)15-13(12)16-14(17)19/h4-7H,3H2,1-2H3,(H,15,16,19). The van der Waals surface area contributed by atoms with Crippen molar-refractivity contribution in [1.82, 2.24) is 14.5 Å². The van der Waals surface area contributed by atoms with E-state index in [1.807, 2.05) is 13.0 Å². The molecule has 3 rings (SSSR count). The van der Waals surface area contributed by atoms with Crippen LogP contribution in [-0.2, 0) is 16.2 Å². The van der Waals surface area contributed by atoms with E-state index in [1.54, 1.807) is 22.8 Å². The third-order valence-electron chi connectivity index (χ3n) is 3.10. The number of pyridine rings is 1. The summed E-state index contributed by atoms with van der Waals surface area (Å²) in [6.45, 7) is 3.70. The number of rotatable bonds is 3. The van der Waals surface area contributed by atoms with E-state index >= 15 is 0 Å². The second-order valence-electron chi connectivity index (χ2n) is 4.54. The van der Waals surface area contributed by atoms with Crippen molar-refractivity contribution in [3.63, 3.8) is 0 Å². The van der Waals surface area contributed by atoms with Gasteiger partial charge >= 0.3 is 11.7 Å². The number of nitrogens with one attached hydrogen (secondary N) is 1. The summed E-state index contributed by atoms with van der Waals surface area (Å²) < 4.78 is 1.60. The van der Waals surface area contributed by atoms with Crippen LogP contribution in [0.25, 0.3) is 22.1 Å². The molecule has 0 aliphatic carbocycles. The fourth-order valence-electron chi connectivity index (χ4n) is 2.19. The van der Waals surface area contributed by atoms with Crippen LogP contribution in [0.4, 0.5) is 0 Å². The first kappa shape index (κ1) is 13.2. The van der Waals surface area contributed by atoms with Gasteiger partial charge in [-0.1, -0.05) is 0 Å². The van der Waals surface area contributed by atoms with Crippen molar-refractivity contribution in [2.24, 2.45) is 0 Å². The molecule has 1 aromatic carbocycles. The van der Waals surface area contributed by atoms with E-state index < -0.39 is 5.97 Å². The van der Waals surface area contributed by atoms with Crippen LogP contribution in [0.3, 0.4) is 0 Å². The van der Waals surface area contributed by atoms with Gasteiger partial charge in [0.05, 0.1) is 11.0 Å². The highest BCUT2D eigenvalue weighted by molar-refractivity contribution is 5.90. The second kappa shape index (κ2) is 4.93. The maximum atomic E-state index is 11.8. The molecule has 1 N–H and O–H groups in total. The molecule has 21 heavy (non-hydrogen) atoms. The van der Waals surface area contributed by atoms with Crippen LogP contribution in [0.5, 0.6) is 5.75 Å². The van der Waals surface area contributed by atoms with Crippen LogP contribution in [0.2, 0.25) is 0 Å². The predicted molar refractivity (Wildman–Crippen MR) is 75.9 cm³/mol. The Hall–Kier alpha value is -2.83. The van der Waals surface area contributed by atoms with Gasteiger partial charge in [-0.3, -0.25) is 19.3 Å². The summed E-state index contributed by atoms with van der Waals surface area (Å²) in [6.07, 6.45) is 0. The summed E-state index contributed by atoms with van der Waals surface area (Å²) in [6, 6.07) is 6.91. The first-order chi connectivity index (χ1) is 10.1. The lowest BCUT2D eigenvalue weighted by molar-refractivity contribution is -0.210. The molecule has 0 radical (unpaired) electrons. The highest BCUT2D eigenvalue weighted by atomic mass is 17.2. The summed E-state index contributed by atoms with van der Waals surface area (Å²) >= 11 is 0. The van der Waals surface area contributed by atoms with Crippen molar-refractivity contribution in [3.8, 4) is 5.75 Å². The lowest BCUT2D eigenvalue weighted by atomic mass is 10.2. The number of hydrogen-bond acceptors (Lipinski definition) is 5. The number of benzene rings is 1. The molecule has 7 heteroatoms. The molecule has 0 unspecified atom stereocenters. The molecule has 0 saturated carbocycles. The lowest BCUT2D eigenvalue weighted by Gasteiger charge is -2.04. The van der Waals surface area contributed by atoms with E-state index in [1.165, 1.54) is 6.92 Å². The zero-order valence-electron chi connectivity index (χ0n) is 11.5. The van der Waals surface area contributed by atoms with E-state index in [-0.39, 0.29) is 5.69 Å². The van der Waals surface area contributed by atoms with Gasteiger partial charge in [0, 0.05) is 18.9 Å². The smallest absolute Gasteiger partial charge is 0.291 e. The van der Waals surface area contributed by atoms with E-state index in [2.05, 4.69) is 14.9 Å². The molecular weight excluding hydrogens is 274 g/mol. The molecule has 7 nitrogen and oxygen atoms in total. The van der Waals surface area contributed by atoms with Crippen LogP contribution < -0.4 is 10.6 Å². The zero-order chi connectivity index (χ0) is 15.0. The number of aromatic nitrogens is 3. The second-order valence-corrected chi connectivity index (χ2v) is 4.54. The van der Waals surface area contributed by atoms with Gasteiger partial charge in [-0.15, -0.1) is 0 Å². The molecule has 0 amide bonds. The average Bonchev–Trinajstić information content (AvgIpc) is 2.76. The van der Waals surface area contributed by atoms with Crippen molar-refractivity contribution >= 4 is 28.0 Å². The largest absolute Gasteiger partial charge is 0.352 e. The number of aromatic amines is 1. The highest BCUT2D eigenvalue weighted by Crippen LogP contribution is 2.22. The van der Waals surface area contributed by atoms with Crippen molar-refractivity contribution in [3.05, 3.63) is 34.7 Å². The monoisotopic (exact) mass is 287 g/mol. The van der Waals surface area contributed by atoms with E-state index in [0.717, 1.165) is 10.9 Å². The maximum absolute atomic E-state index is 11.8. The number of H-pyrrole nitrogens is 1. The summed E-state index contributed by atoms with van der Waals surface area (Å²) in [5.74, 6) is -0.145. The highest BCUT2D eigenvalue weighted by Gasteiger charge is 2.09. The molecule has 3 aromatic rings. The minimum absolute atomic E-state index is 0.188. The van der Waals surface area contributed by atoms with Gasteiger partial charge in [0.1, 0.15) is 0 Å². The normalized spacial score (nSPS) is 11.0. The SMILES string of the molecule is CCn1c(=O)[nH]c2nc3ccc(OOC(C)=O)cc3cc21. The van der Waals surface area contributed by atoms with Gasteiger partial charge in [-0.25, -0.2) is 14.6 Å². The summed E-state index contributed by atoms with van der Waals surface area (Å²) in [5, 5.41) is 0.786. The van der Waals surface area contributed by atoms with E-state index in [4.69, 9.17) is 4.89 Å². The van der Waals surface area contributed by atoms with Gasteiger partial charge in [0.25, 0.3) is 0 Å². The fourth-order valence-corrected chi connectivity index (χ4v) is 2.19. The van der Waals surface area contributed by atoms with Gasteiger partial charge in [0.15, 0.2) is 11.4 Å². The van der Waals surface area contributed by atoms with E-state index in [0.29, 0.717) is 23.5 Å². The summed E-state index contributed by atoms with van der Waals surface area (Å²) in [7, 11) is 0. The molecule has 2 aromatic heterocycles. The quantitative estimate of drug-likeness (QED) is 0.586. The minimum Gasteiger partial charge on any atom is -0.291 e. The lowest BCUT2D eigenvalue weighted by Crippen LogP contribution is -2.14. The maximum Gasteiger partial charge on any atom is 0.352 e. The van der Waals surface area contributed by atoms with Crippen LogP contribution in [0.15, 0.2) is 29.1 Å². The summed E-state index contributed by atoms with van der Waals surface area (Å²) in [4.78, 5) is 39.0. The molecule has 0 atom stereocenters. The Morgan fingerprint density at radius 3 is 2.90 bits per heavy atom. The van der Waals surface area contributed by atoms with E-state index in [9.17, 15) is 9.59 Å². The molecule has 0 aliphatic heterocycles. The molecule has 0 bridgehead atoms.